The first-order valence-corrected chi connectivity index (χ1v) is 10.8. The second-order valence-corrected chi connectivity index (χ2v) is 7.31. The molecule has 0 aliphatic carbocycles. The molecule has 7 heteroatoms. The highest BCUT2D eigenvalue weighted by atomic mass is 16.2. The van der Waals surface area contributed by atoms with Crippen LogP contribution in [0.25, 0.3) is 0 Å². The summed E-state index contributed by atoms with van der Waals surface area (Å²) in [5, 5.41) is 3.43. The largest absolute Gasteiger partial charge is 0.368 e. The summed E-state index contributed by atoms with van der Waals surface area (Å²) in [6.45, 7) is 4.97. The summed E-state index contributed by atoms with van der Waals surface area (Å²) in [6.07, 6.45) is 15.0. The molecule has 0 aromatic rings. The molecule has 160 valence electrons. The van der Waals surface area contributed by atoms with E-state index in [0.717, 1.165) is 19.5 Å². The molecule has 7 N–H and O–H groups in total. The molecule has 0 spiro atoms. The summed E-state index contributed by atoms with van der Waals surface area (Å²) in [5.74, 6) is -0.755. The maximum absolute atomic E-state index is 11.5. The smallest absolute Gasteiger partial charge is 0.234 e. The first-order valence-electron chi connectivity index (χ1n) is 10.8. The molecular formula is C20H43N5O2. The summed E-state index contributed by atoms with van der Waals surface area (Å²) >= 11 is 0. The SMILES string of the molecule is CCCCCCCCCCCCNCCCNNC(=O)CCC(N)C(N)=O. The van der Waals surface area contributed by atoms with Crippen LogP contribution in [-0.4, -0.2) is 37.5 Å². The van der Waals surface area contributed by atoms with Gasteiger partial charge in [0.2, 0.25) is 11.8 Å². The fraction of sp³-hybridized carbons (Fsp3) is 0.900. The number of nitrogens with one attached hydrogen (secondary N) is 3. The molecule has 7 nitrogen and oxygen atoms in total. The maximum atomic E-state index is 11.5. The summed E-state index contributed by atoms with van der Waals surface area (Å²) in [6, 6.07) is -0.759. The van der Waals surface area contributed by atoms with Crippen molar-refractivity contribution in [3.63, 3.8) is 0 Å². The Morgan fingerprint density at radius 1 is 0.815 bits per heavy atom. The van der Waals surface area contributed by atoms with Crippen LogP contribution in [0, 0.1) is 0 Å². The van der Waals surface area contributed by atoms with Crippen molar-refractivity contribution in [1.29, 1.82) is 0 Å². The Bertz CT molecular complexity index is 366. The highest BCUT2D eigenvalue weighted by Crippen LogP contribution is 2.10. The molecule has 0 radical (unpaired) electrons. The van der Waals surface area contributed by atoms with Crippen LogP contribution < -0.4 is 27.6 Å². The van der Waals surface area contributed by atoms with Gasteiger partial charge < -0.3 is 16.8 Å². The minimum atomic E-state index is -0.759. The number of hydrogen-bond acceptors (Lipinski definition) is 5. The zero-order valence-electron chi connectivity index (χ0n) is 17.4. The van der Waals surface area contributed by atoms with Gasteiger partial charge in [0.15, 0.2) is 0 Å². The molecule has 1 unspecified atom stereocenters. The van der Waals surface area contributed by atoms with Gasteiger partial charge in [0, 0.05) is 13.0 Å². The second kappa shape index (κ2) is 19.6. The number of rotatable bonds is 20. The Morgan fingerprint density at radius 2 is 1.37 bits per heavy atom. The summed E-state index contributed by atoms with van der Waals surface area (Å²) < 4.78 is 0. The van der Waals surface area contributed by atoms with Crippen molar-refractivity contribution in [2.75, 3.05) is 19.6 Å². The minimum absolute atomic E-state index is 0.176. The number of unbranched alkanes of at least 4 members (excludes halogenated alkanes) is 9. The molecule has 0 bridgehead atoms. The molecule has 0 aromatic heterocycles. The van der Waals surface area contributed by atoms with Crippen molar-refractivity contribution in [2.24, 2.45) is 11.5 Å². The van der Waals surface area contributed by atoms with Gasteiger partial charge in [0.05, 0.1) is 6.04 Å². The van der Waals surface area contributed by atoms with Gasteiger partial charge in [-0.15, -0.1) is 0 Å². The summed E-state index contributed by atoms with van der Waals surface area (Å²) in [7, 11) is 0. The standard InChI is InChI=1S/C20H43N5O2/c1-2-3-4-5-6-7-8-9-10-11-15-23-16-12-17-24-25-19(26)14-13-18(21)20(22)27/h18,23-24H,2-17,21H2,1H3,(H2,22,27)(H,25,26). The zero-order valence-corrected chi connectivity index (χ0v) is 17.4. The lowest BCUT2D eigenvalue weighted by Crippen LogP contribution is -2.41. The van der Waals surface area contributed by atoms with E-state index >= 15 is 0 Å². The molecule has 0 aromatic carbocycles. The molecule has 2 amide bonds. The van der Waals surface area contributed by atoms with Crippen molar-refractivity contribution in [1.82, 2.24) is 16.2 Å². The first kappa shape index (κ1) is 25.8. The molecular weight excluding hydrogens is 342 g/mol. The van der Waals surface area contributed by atoms with E-state index in [4.69, 9.17) is 11.5 Å². The van der Waals surface area contributed by atoms with Gasteiger partial charge in [0.25, 0.3) is 0 Å². The van der Waals surface area contributed by atoms with E-state index in [1.165, 1.54) is 64.2 Å². The van der Waals surface area contributed by atoms with Crippen LogP contribution in [0.1, 0.15) is 90.4 Å². The van der Waals surface area contributed by atoms with Gasteiger partial charge in [-0.3, -0.25) is 15.0 Å². The number of hydrogen-bond donors (Lipinski definition) is 5. The zero-order chi connectivity index (χ0) is 20.2. The third kappa shape index (κ3) is 19.4. The van der Waals surface area contributed by atoms with E-state index in [-0.39, 0.29) is 18.7 Å². The molecule has 0 aliphatic rings. The van der Waals surface area contributed by atoms with Crippen LogP contribution in [-0.2, 0) is 9.59 Å². The normalized spacial score (nSPS) is 12.1. The van der Waals surface area contributed by atoms with Crippen molar-refractivity contribution in [3.8, 4) is 0 Å². The van der Waals surface area contributed by atoms with E-state index in [1.54, 1.807) is 0 Å². The molecule has 0 aliphatic heterocycles. The minimum Gasteiger partial charge on any atom is -0.368 e. The summed E-state index contributed by atoms with van der Waals surface area (Å²) in [4.78, 5) is 22.3. The number of carbonyl (C=O) groups is 2. The van der Waals surface area contributed by atoms with Crippen LogP contribution in [0.3, 0.4) is 0 Å². The fourth-order valence-corrected chi connectivity index (χ4v) is 2.82. The Kier molecular flexibility index (Phi) is 18.7. The van der Waals surface area contributed by atoms with E-state index < -0.39 is 11.9 Å². The highest BCUT2D eigenvalue weighted by Gasteiger charge is 2.11. The molecule has 0 rings (SSSR count). The van der Waals surface area contributed by atoms with Gasteiger partial charge in [-0.1, -0.05) is 64.7 Å². The molecule has 1 atom stereocenters. The second-order valence-electron chi connectivity index (χ2n) is 7.31. The van der Waals surface area contributed by atoms with Gasteiger partial charge in [0.1, 0.15) is 0 Å². The van der Waals surface area contributed by atoms with E-state index in [9.17, 15) is 9.59 Å². The highest BCUT2D eigenvalue weighted by molar-refractivity contribution is 5.81. The van der Waals surface area contributed by atoms with E-state index in [1.807, 2.05) is 0 Å². The Balaban J connectivity index is 3.18. The number of hydrazine groups is 1. The van der Waals surface area contributed by atoms with Crippen LogP contribution in [0.5, 0.6) is 0 Å². The van der Waals surface area contributed by atoms with Crippen molar-refractivity contribution in [3.05, 3.63) is 0 Å². The number of primary amides is 1. The van der Waals surface area contributed by atoms with Crippen molar-refractivity contribution in [2.45, 2.75) is 96.4 Å². The Hall–Kier alpha value is -1.18. The van der Waals surface area contributed by atoms with E-state index in [0.29, 0.717) is 6.54 Å². The van der Waals surface area contributed by atoms with Gasteiger partial charge in [-0.25, -0.2) is 5.43 Å². The molecule has 0 saturated carbocycles. The van der Waals surface area contributed by atoms with Crippen LogP contribution >= 0.6 is 0 Å². The third-order valence-corrected chi connectivity index (χ3v) is 4.64. The topological polar surface area (TPSA) is 122 Å². The Morgan fingerprint density at radius 3 is 1.96 bits per heavy atom. The maximum Gasteiger partial charge on any atom is 0.234 e. The summed E-state index contributed by atoms with van der Waals surface area (Å²) in [5.41, 5.74) is 16.0. The van der Waals surface area contributed by atoms with Crippen LogP contribution in [0.15, 0.2) is 0 Å². The molecule has 0 fully saturated rings. The molecule has 0 saturated heterocycles. The predicted molar refractivity (Wildman–Crippen MR) is 112 cm³/mol. The van der Waals surface area contributed by atoms with Gasteiger partial charge >= 0.3 is 0 Å². The number of amides is 2. The first-order chi connectivity index (χ1) is 13.1. The Labute approximate surface area is 165 Å². The average molecular weight is 386 g/mol. The van der Waals surface area contributed by atoms with Gasteiger partial charge in [-0.05, 0) is 32.4 Å². The lowest BCUT2D eigenvalue weighted by Gasteiger charge is -2.09. The lowest BCUT2D eigenvalue weighted by atomic mass is 10.1. The van der Waals surface area contributed by atoms with E-state index in [2.05, 4.69) is 23.1 Å². The number of carbonyl (C=O) groups excluding carboxylic acids is 2. The molecule has 0 heterocycles. The molecule has 27 heavy (non-hydrogen) atoms. The fourth-order valence-electron chi connectivity index (χ4n) is 2.82. The van der Waals surface area contributed by atoms with Crippen molar-refractivity contribution < 1.29 is 9.59 Å². The third-order valence-electron chi connectivity index (χ3n) is 4.64. The monoisotopic (exact) mass is 385 g/mol. The average Bonchev–Trinajstić information content (AvgIpc) is 2.65. The quantitative estimate of drug-likeness (QED) is 0.162. The van der Waals surface area contributed by atoms with Crippen molar-refractivity contribution >= 4 is 11.8 Å². The van der Waals surface area contributed by atoms with Crippen LogP contribution in [0.4, 0.5) is 0 Å². The number of nitrogens with two attached hydrogens (primary N) is 2. The van der Waals surface area contributed by atoms with Crippen LogP contribution in [0.2, 0.25) is 0 Å². The predicted octanol–water partition coefficient (Wildman–Crippen LogP) is 2.10. The lowest BCUT2D eigenvalue weighted by molar-refractivity contribution is -0.122. The van der Waals surface area contributed by atoms with Gasteiger partial charge in [-0.2, -0.15) is 0 Å².